The van der Waals surface area contributed by atoms with E-state index >= 15 is 0 Å². The molecule has 1 heterocycles. The Kier molecular flexibility index (Phi) is 2.35. The zero-order valence-corrected chi connectivity index (χ0v) is 9.65. The van der Waals surface area contributed by atoms with E-state index in [1.54, 1.807) is 7.11 Å². The lowest BCUT2D eigenvalue weighted by atomic mass is 10.2. The second kappa shape index (κ2) is 3.85. The van der Waals surface area contributed by atoms with E-state index in [9.17, 15) is 0 Å². The summed E-state index contributed by atoms with van der Waals surface area (Å²) in [5.41, 5.74) is 1.29. The molecule has 1 aliphatic rings. The highest BCUT2D eigenvalue weighted by molar-refractivity contribution is 5.86. The molecule has 3 rings (SSSR count). The quantitative estimate of drug-likeness (QED) is 0.762. The summed E-state index contributed by atoms with van der Waals surface area (Å²) in [4.78, 5) is 0. The van der Waals surface area contributed by atoms with Crippen molar-refractivity contribution in [3.8, 4) is 5.75 Å². The molecule has 0 unspecified atom stereocenters. The highest BCUT2D eigenvalue weighted by atomic mass is 16.5. The molecule has 1 aromatic heterocycles. The van der Waals surface area contributed by atoms with Gasteiger partial charge in [-0.25, -0.2) is 0 Å². The van der Waals surface area contributed by atoms with Gasteiger partial charge in [-0.05, 0) is 30.5 Å². The van der Waals surface area contributed by atoms with Crippen molar-refractivity contribution in [2.45, 2.75) is 25.8 Å². The van der Waals surface area contributed by atoms with Crippen LogP contribution in [0.25, 0.3) is 10.9 Å². The number of rotatable bonds is 4. The second-order valence-electron chi connectivity index (χ2n) is 4.63. The normalized spacial score (nSPS) is 15.6. The van der Waals surface area contributed by atoms with Crippen LogP contribution in [0.5, 0.6) is 5.75 Å². The minimum atomic E-state index is 0.975. The minimum Gasteiger partial charge on any atom is -0.496 e. The Morgan fingerprint density at radius 2 is 2.19 bits per heavy atom. The molecule has 0 atom stereocenters. The third-order valence-corrected chi connectivity index (χ3v) is 3.47. The molecule has 16 heavy (non-hydrogen) atoms. The van der Waals surface area contributed by atoms with Crippen molar-refractivity contribution in [2.24, 2.45) is 5.92 Å². The molecular weight excluding hydrogens is 198 g/mol. The Hall–Kier alpha value is -1.44. The van der Waals surface area contributed by atoms with Crippen LogP contribution in [0.1, 0.15) is 19.3 Å². The first kappa shape index (κ1) is 9.76. The number of benzene rings is 1. The zero-order chi connectivity index (χ0) is 11.0. The SMILES string of the molecule is COc1cccc2c1ccn2CCC1CC1. The number of hydrogen-bond acceptors (Lipinski definition) is 1. The van der Waals surface area contributed by atoms with Crippen LogP contribution < -0.4 is 4.74 Å². The number of fused-ring (bicyclic) bond motifs is 1. The lowest BCUT2D eigenvalue weighted by Crippen LogP contribution is -1.96. The highest BCUT2D eigenvalue weighted by Crippen LogP contribution is 2.33. The van der Waals surface area contributed by atoms with Crippen LogP contribution in [0.2, 0.25) is 0 Å². The Balaban J connectivity index is 1.92. The first-order chi connectivity index (χ1) is 7.88. The van der Waals surface area contributed by atoms with Gasteiger partial charge in [0, 0.05) is 18.1 Å². The molecule has 0 aliphatic heterocycles. The summed E-state index contributed by atoms with van der Waals surface area (Å²) in [5, 5.41) is 1.22. The van der Waals surface area contributed by atoms with E-state index in [2.05, 4.69) is 29.0 Å². The minimum absolute atomic E-state index is 0.975. The summed E-state index contributed by atoms with van der Waals surface area (Å²) in [6.07, 6.45) is 6.36. The zero-order valence-electron chi connectivity index (χ0n) is 9.65. The summed E-state index contributed by atoms with van der Waals surface area (Å²) in [6.45, 7) is 1.14. The Morgan fingerprint density at radius 1 is 1.31 bits per heavy atom. The Labute approximate surface area is 95.8 Å². The van der Waals surface area contributed by atoms with Gasteiger partial charge in [0.25, 0.3) is 0 Å². The molecule has 1 saturated carbocycles. The maximum absolute atomic E-state index is 5.37. The lowest BCUT2D eigenvalue weighted by Gasteiger charge is -2.06. The van der Waals surface area contributed by atoms with Crippen LogP contribution in [-0.4, -0.2) is 11.7 Å². The number of hydrogen-bond donors (Lipinski definition) is 0. The van der Waals surface area contributed by atoms with Crippen molar-refractivity contribution in [1.29, 1.82) is 0 Å². The molecule has 84 valence electrons. The number of aryl methyl sites for hydroxylation is 1. The van der Waals surface area contributed by atoms with Crippen LogP contribution in [-0.2, 0) is 6.54 Å². The van der Waals surface area contributed by atoms with E-state index < -0.39 is 0 Å². The molecule has 0 radical (unpaired) electrons. The lowest BCUT2D eigenvalue weighted by molar-refractivity contribution is 0.420. The first-order valence-corrected chi connectivity index (χ1v) is 6.00. The molecule has 2 heteroatoms. The van der Waals surface area contributed by atoms with E-state index in [-0.39, 0.29) is 0 Å². The van der Waals surface area contributed by atoms with Gasteiger partial charge in [-0.15, -0.1) is 0 Å². The number of methoxy groups -OCH3 is 1. The third kappa shape index (κ3) is 1.69. The number of ether oxygens (including phenoxy) is 1. The summed E-state index contributed by atoms with van der Waals surface area (Å²) in [5.74, 6) is 1.96. The summed E-state index contributed by atoms with van der Waals surface area (Å²) in [7, 11) is 1.73. The van der Waals surface area contributed by atoms with Crippen molar-refractivity contribution in [2.75, 3.05) is 7.11 Å². The largest absolute Gasteiger partial charge is 0.496 e. The predicted octanol–water partition coefficient (Wildman–Crippen LogP) is 3.45. The molecule has 0 saturated heterocycles. The Morgan fingerprint density at radius 3 is 2.94 bits per heavy atom. The first-order valence-electron chi connectivity index (χ1n) is 6.00. The third-order valence-electron chi connectivity index (χ3n) is 3.47. The van der Waals surface area contributed by atoms with Crippen molar-refractivity contribution in [3.63, 3.8) is 0 Å². The topological polar surface area (TPSA) is 14.2 Å². The molecular formula is C14H17NO. The summed E-state index contributed by atoms with van der Waals surface area (Å²) < 4.78 is 7.71. The van der Waals surface area contributed by atoms with Crippen LogP contribution in [0.4, 0.5) is 0 Å². The van der Waals surface area contributed by atoms with Crippen molar-refractivity contribution < 1.29 is 4.74 Å². The molecule has 0 N–H and O–H groups in total. The molecule has 0 amide bonds. The van der Waals surface area contributed by atoms with Gasteiger partial charge in [-0.3, -0.25) is 0 Å². The van der Waals surface area contributed by atoms with Gasteiger partial charge in [-0.1, -0.05) is 18.9 Å². The molecule has 0 bridgehead atoms. The smallest absolute Gasteiger partial charge is 0.128 e. The van der Waals surface area contributed by atoms with E-state index in [1.165, 1.54) is 30.2 Å². The van der Waals surface area contributed by atoms with Gasteiger partial charge < -0.3 is 9.30 Å². The van der Waals surface area contributed by atoms with Gasteiger partial charge in [0.1, 0.15) is 5.75 Å². The van der Waals surface area contributed by atoms with Crippen LogP contribution in [0, 0.1) is 5.92 Å². The van der Waals surface area contributed by atoms with E-state index in [0.717, 1.165) is 18.2 Å². The highest BCUT2D eigenvalue weighted by Gasteiger charge is 2.20. The van der Waals surface area contributed by atoms with Gasteiger partial charge in [0.05, 0.1) is 12.6 Å². The van der Waals surface area contributed by atoms with Crippen LogP contribution in [0.15, 0.2) is 30.5 Å². The Bertz CT molecular complexity index is 496. The van der Waals surface area contributed by atoms with Crippen LogP contribution in [0.3, 0.4) is 0 Å². The van der Waals surface area contributed by atoms with E-state index in [1.807, 2.05) is 6.07 Å². The van der Waals surface area contributed by atoms with Crippen LogP contribution >= 0.6 is 0 Å². The van der Waals surface area contributed by atoms with E-state index in [4.69, 9.17) is 4.74 Å². The number of nitrogens with zero attached hydrogens (tertiary/aromatic N) is 1. The molecule has 2 aromatic rings. The average molecular weight is 215 g/mol. The van der Waals surface area contributed by atoms with Crippen molar-refractivity contribution in [3.05, 3.63) is 30.5 Å². The molecule has 2 nitrogen and oxygen atoms in total. The predicted molar refractivity (Wildman–Crippen MR) is 65.8 cm³/mol. The average Bonchev–Trinajstić information content (AvgIpc) is 3.06. The monoisotopic (exact) mass is 215 g/mol. The number of aromatic nitrogens is 1. The molecule has 1 aromatic carbocycles. The second-order valence-corrected chi connectivity index (χ2v) is 4.63. The van der Waals surface area contributed by atoms with E-state index in [0.29, 0.717) is 0 Å². The molecule has 1 fully saturated rings. The van der Waals surface area contributed by atoms with Crippen molar-refractivity contribution >= 4 is 10.9 Å². The molecule has 0 spiro atoms. The summed E-state index contributed by atoms with van der Waals surface area (Å²) >= 11 is 0. The maximum Gasteiger partial charge on any atom is 0.128 e. The summed E-state index contributed by atoms with van der Waals surface area (Å²) in [6, 6.07) is 8.41. The fourth-order valence-corrected chi connectivity index (χ4v) is 2.30. The standard InChI is InChI=1S/C14H17NO/c1-16-14-4-2-3-13-12(14)8-10-15(13)9-7-11-5-6-11/h2-4,8,10-11H,5-7,9H2,1H3. The van der Waals surface area contributed by atoms with Crippen molar-refractivity contribution in [1.82, 2.24) is 4.57 Å². The van der Waals surface area contributed by atoms with Gasteiger partial charge in [0.15, 0.2) is 0 Å². The van der Waals surface area contributed by atoms with Gasteiger partial charge in [-0.2, -0.15) is 0 Å². The van der Waals surface area contributed by atoms with Gasteiger partial charge in [0.2, 0.25) is 0 Å². The molecule has 1 aliphatic carbocycles. The fraction of sp³-hybridized carbons (Fsp3) is 0.429. The fourth-order valence-electron chi connectivity index (χ4n) is 2.30. The maximum atomic E-state index is 5.37. The van der Waals surface area contributed by atoms with Gasteiger partial charge >= 0.3 is 0 Å².